The first-order chi connectivity index (χ1) is 12.4. The van der Waals surface area contributed by atoms with Crippen molar-refractivity contribution in [3.63, 3.8) is 0 Å². The number of hydrogen-bond acceptors (Lipinski definition) is 2. The Morgan fingerprint density at radius 2 is 1.52 bits per heavy atom. The van der Waals surface area contributed by atoms with E-state index in [4.69, 9.17) is 0 Å². The van der Waals surface area contributed by atoms with Crippen LogP contribution in [0.5, 0.6) is 0 Å². The van der Waals surface area contributed by atoms with Gasteiger partial charge in [0.25, 0.3) is 0 Å². The summed E-state index contributed by atoms with van der Waals surface area (Å²) in [6.07, 6.45) is 7.03. The van der Waals surface area contributed by atoms with Crippen molar-refractivity contribution in [1.82, 2.24) is 10.2 Å². The molecule has 1 saturated carbocycles. The van der Waals surface area contributed by atoms with Crippen molar-refractivity contribution in [2.75, 3.05) is 26.2 Å². The Bertz CT molecular complexity index is 637. The summed E-state index contributed by atoms with van der Waals surface area (Å²) in [7, 11) is 0. The zero-order valence-corrected chi connectivity index (χ0v) is 15.2. The second-order valence-electron chi connectivity index (χ2n) is 7.62. The minimum atomic E-state index is 0.589. The van der Waals surface area contributed by atoms with Crippen molar-refractivity contribution in [2.24, 2.45) is 5.92 Å². The zero-order chi connectivity index (χ0) is 16.9. The molecule has 2 aliphatic rings. The lowest BCUT2D eigenvalue weighted by molar-refractivity contribution is 0.103. The summed E-state index contributed by atoms with van der Waals surface area (Å²) in [4.78, 5) is 2.75. The Morgan fingerprint density at radius 3 is 2.28 bits per heavy atom. The first-order valence-corrected chi connectivity index (χ1v) is 10.0. The minimum Gasteiger partial charge on any atom is -0.314 e. The van der Waals surface area contributed by atoms with E-state index in [2.05, 4.69) is 64.8 Å². The summed E-state index contributed by atoms with van der Waals surface area (Å²) in [5.74, 6) is 0.817. The normalized spacial score (nSPS) is 21.1. The lowest BCUT2D eigenvalue weighted by Gasteiger charge is -2.41. The molecule has 1 saturated heterocycles. The van der Waals surface area contributed by atoms with Crippen LogP contribution >= 0.6 is 0 Å². The Morgan fingerprint density at radius 1 is 0.800 bits per heavy atom. The van der Waals surface area contributed by atoms with Gasteiger partial charge in [0.2, 0.25) is 0 Å². The molecule has 0 spiro atoms. The lowest BCUT2D eigenvalue weighted by Crippen LogP contribution is -2.47. The van der Waals surface area contributed by atoms with Gasteiger partial charge in [0.15, 0.2) is 0 Å². The average molecular weight is 335 g/mol. The molecule has 1 aliphatic carbocycles. The highest BCUT2D eigenvalue weighted by Crippen LogP contribution is 2.39. The number of piperazine rings is 1. The molecule has 25 heavy (non-hydrogen) atoms. The number of hydrogen-bond donors (Lipinski definition) is 1. The maximum absolute atomic E-state index is 3.52. The van der Waals surface area contributed by atoms with Crippen molar-refractivity contribution < 1.29 is 0 Å². The van der Waals surface area contributed by atoms with Gasteiger partial charge >= 0.3 is 0 Å². The highest BCUT2D eigenvalue weighted by Gasteiger charge is 2.30. The Kier molecular flexibility index (Phi) is 5.49. The third kappa shape index (κ3) is 3.96. The molecule has 132 valence electrons. The van der Waals surface area contributed by atoms with Crippen LogP contribution < -0.4 is 5.32 Å². The van der Waals surface area contributed by atoms with E-state index in [0.717, 1.165) is 19.0 Å². The van der Waals surface area contributed by atoms with Crippen molar-refractivity contribution in [2.45, 2.75) is 38.1 Å². The average Bonchev–Trinajstić information content (AvgIpc) is 2.71. The standard InChI is InChI=1S/C23H30N2/c1-3-8-19(9-4-1)21-12-7-13-22(18-21)23(20-10-5-2-6-11-20)25-16-14-24-15-17-25/h1,3-4,7-9,12-13,18,20,23-24H,2,5-6,10-11,14-17H2/t23-/m1/s1. The molecular weight excluding hydrogens is 304 g/mol. The molecule has 2 nitrogen and oxygen atoms in total. The van der Waals surface area contributed by atoms with Gasteiger partial charge in [0.05, 0.1) is 0 Å². The molecule has 2 aromatic rings. The van der Waals surface area contributed by atoms with Crippen LogP contribution in [-0.2, 0) is 0 Å². The van der Waals surface area contributed by atoms with Gasteiger partial charge in [-0.2, -0.15) is 0 Å². The van der Waals surface area contributed by atoms with Gasteiger partial charge in [0.1, 0.15) is 0 Å². The summed E-state index contributed by atoms with van der Waals surface area (Å²) in [6, 6.07) is 20.7. The van der Waals surface area contributed by atoms with E-state index < -0.39 is 0 Å². The van der Waals surface area contributed by atoms with Gasteiger partial charge in [-0.15, -0.1) is 0 Å². The largest absolute Gasteiger partial charge is 0.314 e. The third-order valence-electron chi connectivity index (χ3n) is 5.98. The summed E-state index contributed by atoms with van der Waals surface area (Å²) >= 11 is 0. The monoisotopic (exact) mass is 334 g/mol. The van der Waals surface area contributed by atoms with Crippen LogP contribution in [0.15, 0.2) is 54.6 Å². The molecule has 1 N–H and O–H groups in total. The highest BCUT2D eigenvalue weighted by atomic mass is 15.2. The maximum atomic E-state index is 3.52. The fourth-order valence-corrected chi connectivity index (χ4v) is 4.72. The summed E-state index contributed by atoms with van der Waals surface area (Å²) in [5, 5.41) is 3.52. The van der Waals surface area contributed by atoms with Crippen LogP contribution in [0.3, 0.4) is 0 Å². The van der Waals surface area contributed by atoms with Gasteiger partial charge < -0.3 is 5.32 Å². The van der Waals surface area contributed by atoms with Crippen molar-refractivity contribution in [1.29, 1.82) is 0 Å². The highest BCUT2D eigenvalue weighted by molar-refractivity contribution is 5.64. The molecular formula is C23H30N2. The number of rotatable bonds is 4. The molecule has 0 radical (unpaired) electrons. The second kappa shape index (κ2) is 8.16. The third-order valence-corrected chi connectivity index (χ3v) is 5.98. The smallest absolute Gasteiger partial charge is 0.0377 e. The van der Waals surface area contributed by atoms with E-state index in [-0.39, 0.29) is 0 Å². The molecule has 0 amide bonds. The number of nitrogens with zero attached hydrogens (tertiary/aromatic N) is 1. The van der Waals surface area contributed by atoms with E-state index in [1.54, 1.807) is 0 Å². The molecule has 2 aromatic carbocycles. The Hall–Kier alpha value is -1.64. The SMILES string of the molecule is c1ccc(-c2cccc([C@@H](C3CCCCC3)N3CCNCC3)c2)cc1. The fraction of sp³-hybridized carbons (Fsp3) is 0.478. The van der Waals surface area contributed by atoms with E-state index >= 15 is 0 Å². The molecule has 1 heterocycles. The van der Waals surface area contributed by atoms with Crippen molar-refractivity contribution in [3.05, 3.63) is 60.2 Å². The maximum Gasteiger partial charge on any atom is 0.0377 e. The van der Waals surface area contributed by atoms with E-state index in [1.807, 2.05) is 0 Å². The number of nitrogens with one attached hydrogen (secondary N) is 1. The Balaban J connectivity index is 1.66. The minimum absolute atomic E-state index is 0.589. The van der Waals surface area contributed by atoms with Gasteiger partial charge in [0, 0.05) is 32.2 Å². The summed E-state index contributed by atoms with van der Waals surface area (Å²) in [6.45, 7) is 4.61. The molecule has 1 aliphatic heterocycles. The predicted molar refractivity (Wildman–Crippen MR) is 106 cm³/mol. The predicted octanol–water partition coefficient (Wildman–Crippen LogP) is 4.88. The summed E-state index contributed by atoms with van der Waals surface area (Å²) in [5.41, 5.74) is 4.20. The number of benzene rings is 2. The Labute approximate surface area is 152 Å². The molecule has 1 atom stereocenters. The molecule has 0 aromatic heterocycles. The van der Waals surface area contributed by atoms with Crippen molar-refractivity contribution >= 4 is 0 Å². The van der Waals surface area contributed by atoms with Gasteiger partial charge in [-0.05, 0) is 41.5 Å². The van der Waals surface area contributed by atoms with Crippen LogP contribution in [0.2, 0.25) is 0 Å². The zero-order valence-electron chi connectivity index (χ0n) is 15.2. The topological polar surface area (TPSA) is 15.3 Å². The molecule has 0 bridgehead atoms. The quantitative estimate of drug-likeness (QED) is 0.857. The van der Waals surface area contributed by atoms with Crippen molar-refractivity contribution in [3.8, 4) is 11.1 Å². The molecule has 0 unspecified atom stereocenters. The molecule has 4 rings (SSSR count). The van der Waals surface area contributed by atoms with Crippen LogP contribution in [0.1, 0.15) is 43.7 Å². The van der Waals surface area contributed by atoms with Crippen LogP contribution in [-0.4, -0.2) is 31.1 Å². The second-order valence-corrected chi connectivity index (χ2v) is 7.62. The fourth-order valence-electron chi connectivity index (χ4n) is 4.72. The van der Waals surface area contributed by atoms with Gasteiger partial charge in [-0.25, -0.2) is 0 Å². The summed E-state index contributed by atoms with van der Waals surface area (Å²) < 4.78 is 0. The lowest BCUT2D eigenvalue weighted by atomic mass is 9.79. The van der Waals surface area contributed by atoms with Gasteiger partial charge in [-0.3, -0.25) is 4.90 Å². The van der Waals surface area contributed by atoms with Gasteiger partial charge in [-0.1, -0.05) is 67.8 Å². The molecule has 2 fully saturated rings. The molecule has 2 heteroatoms. The first kappa shape index (κ1) is 16.8. The van der Waals surface area contributed by atoms with Crippen LogP contribution in [0.25, 0.3) is 11.1 Å². The van der Waals surface area contributed by atoms with E-state index in [0.29, 0.717) is 6.04 Å². The van der Waals surface area contributed by atoms with E-state index in [9.17, 15) is 0 Å². The van der Waals surface area contributed by atoms with Crippen LogP contribution in [0.4, 0.5) is 0 Å². The van der Waals surface area contributed by atoms with E-state index in [1.165, 1.54) is 61.9 Å². The first-order valence-electron chi connectivity index (χ1n) is 10.0. The van der Waals surface area contributed by atoms with Crippen LogP contribution in [0, 0.1) is 5.92 Å².